The lowest BCUT2D eigenvalue weighted by Crippen LogP contribution is -2.33. The highest BCUT2D eigenvalue weighted by Gasteiger charge is 2.49. The van der Waals surface area contributed by atoms with Gasteiger partial charge in [-0.05, 0) is 31.2 Å². The van der Waals surface area contributed by atoms with Crippen LogP contribution < -0.4 is 0 Å². The SMILES string of the molecule is O=C1OCC(/C=C/C(O)C2(c3ccccc3)CC2)N1CCCCCCc1nn[nH]n1. The average Bonchev–Trinajstić information content (AvgIpc) is 3.28. The van der Waals surface area contributed by atoms with Crippen molar-refractivity contribution in [3.63, 3.8) is 0 Å². The number of aliphatic hydroxyl groups excluding tert-OH is 1. The highest BCUT2D eigenvalue weighted by molar-refractivity contribution is 5.70. The van der Waals surface area contributed by atoms with Crippen LogP contribution in [0.15, 0.2) is 42.5 Å². The van der Waals surface area contributed by atoms with Gasteiger partial charge in [0.05, 0.1) is 12.1 Å². The van der Waals surface area contributed by atoms with Crippen molar-refractivity contribution in [2.24, 2.45) is 0 Å². The summed E-state index contributed by atoms with van der Waals surface area (Å²) in [5, 5.41) is 24.7. The molecule has 4 rings (SSSR count). The molecule has 1 aliphatic carbocycles. The largest absolute Gasteiger partial charge is 0.447 e. The van der Waals surface area contributed by atoms with E-state index >= 15 is 0 Å². The molecule has 2 unspecified atom stereocenters. The van der Waals surface area contributed by atoms with Gasteiger partial charge in [0, 0.05) is 18.4 Å². The van der Waals surface area contributed by atoms with Gasteiger partial charge in [0.15, 0.2) is 5.82 Å². The van der Waals surface area contributed by atoms with Gasteiger partial charge in [-0.2, -0.15) is 5.21 Å². The van der Waals surface area contributed by atoms with E-state index in [9.17, 15) is 9.90 Å². The minimum atomic E-state index is -0.553. The number of rotatable bonds is 11. The fraction of sp³-hybridized carbons (Fsp3) is 0.545. The van der Waals surface area contributed by atoms with Gasteiger partial charge in [-0.3, -0.25) is 4.90 Å². The van der Waals surface area contributed by atoms with Crippen LogP contribution in [0.1, 0.15) is 49.9 Å². The summed E-state index contributed by atoms with van der Waals surface area (Å²) in [5.41, 5.74) is 1.00. The van der Waals surface area contributed by atoms with Gasteiger partial charge in [0.2, 0.25) is 0 Å². The van der Waals surface area contributed by atoms with E-state index in [4.69, 9.17) is 4.74 Å². The Bertz CT molecular complexity index is 836. The maximum Gasteiger partial charge on any atom is 0.410 e. The third-order valence-corrected chi connectivity index (χ3v) is 6.17. The van der Waals surface area contributed by atoms with Crippen molar-refractivity contribution in [3.8, 4) is 0 Å². The summed E-state index contributed by atoms with van der Waals surface area (Å²) in [6.45, 7) is 1.01. The van der Waals surface area contributed by atoms with Crippen molar-refractivity contribution in [2.75, 3.05) is 13.2 Å². The number of ether oxygens (including phenoxy) is 1. The van der Waals surface area contributed by atoms with E-state index in [-0.39, 0.29) is 17.6 Å². The molecular formula is C22H29N5O3. The average molecular weight is 412 g/mol. The summed E-state index contributed by atoms with van der Waals surface area (Å²) < 4.78 is 5.25. The molecule has 0 bridgehead atoms. The number of aryl methyl sites for hydroxylation is 1. The van der Waals surface area contributed by atoms with E-state index in [0.717, 1.165) is 50.8 Å². The minimum Gasteiger partial charge on any atom is -0.447 e. The number of hydrogen-bond acceptors (Lipinski definition) is 6. The summed E-state index contributed by atoms with van der Waals surface area (Å²) in [4.78, 5) is 13.9. The number of cyclic esters (lactones) is 1. The maximum atomic E-state index is 12.1. The van der Waals surface area contributed by atoms with Crippen LogP contribution in [0.2, 0.25) is 0 Å². The number of carbonyl (C=O) groups is 1. The predicted molar refractivity (Wildman–Crippen MR) is 111 cm³/mol. The van der Waals surface area contributed by atoms with Crippen LogP contribution in [0.25, 0.3) is 0 Å². The van der Waals surface area contributed by atoms with Gasteiger partial charge in [-0.1, -0.05) is 60.5 Å². The number of tetrazole rings is 1. The standard InChI is InChI=1S/C22H29N5O3/c28-19(22(13-14-22)17-8-4-3-5-9-17)12-11-18-16-30-21(29)27(18)15-7-2-1-6-10-20-23-25-26-24-20/h3-5,8-9,11-12,18-19,28H,1-2,6-7,10,13-16H2,(H,23,24,25,26)/b12-11+. The zero-order valence-corrected chi connectivity index (χ0v) is 17.1. The Kier molecular flexibility index (Phi) is 6.42. The number of aromatic nitrogens is 4. The number of aromatic amines is 1. The molecule has 8 heteroatoms. The lowest BCUT2D eigenvalue weighted by atomic mass is 9.89. The molecule has 160 valence electrons. The van der Waals surface area contributed by atoms with Crippen LogP contribution in [0.5, 0.6) is 0 Å². The Balaban J connectivity index is 1.23. The molecule has 2 aromatic rings. The highest BCUT2D eigenvalue weighted by Crippen LogP contribution is 2.51. The van der Waals surface area contributed by atoms with E-state index in [1.807, 2.05) is 30.4 Å². The monoisotopic (exact) mass is 411 g/mol. The number of aliphatic hydroxyl groups is 1. The molecule has 2 heterocycles. The van der Waals surface area contributed by atoms with Gasteiger partial charge in [0.25, 0.3) is 0 Å². The number of unbranched alkanes of at least 4 members (excludes halogenated alkanes) is 3. The fourth-order valence-corrected chi connectivity index (χ4v) is 4.17. The molecule has 2 atom stereocenters. The topological polar surface area (TPSA) is 104 Å². The number of nitrogens with one attached hydrogen (secondary N) is 1. The molecule has 1 saturated carbocycles. The molecule has 0 spiro atoms. The van der Waals surface area contributed by atoms with Crippen molar-refractivity contribution in [3.05, 3.63) is 53.9 Å². The molecule has 1 aromatic carbocycles. The van der Waals surface area contributed by atoms with Crippen molar-refractivity contribution < 1.29 is 14.6 Å². The lowest BCUT2D eigenvalue weighted by Gasteiger charge is -2.22. The van der Waals surface area contributed by atoms with Crippen LogP contribution in [0, 0.1) is 0 Å². The fourth-order valence-electron chi connectivity index (χ4n) is 4.17. The molecule has 1 aromatic heterocycles. The third-order valence-electron chi connectivity index (χ3n) is 6.17. The van der Waals surface area contributed by atoms with Crippen molar-refractivity contribution in [1.29, 1.82) is 0 Å². The van der Waals surface area contributed by atoms with Crippen LogP contribution >= 0.6 is 0 Å². The number of benzene rings is 1. The van der Waals surface area contributed by atoms with Gasteiger partial charge in [-0.25, -0.2) is 4.79 Å². The molecule has 2 N–H and O–H groups in total. The first-order valence-corrected chi connectivity index (χ1v) is 10.8. The van der Waals surface area contributed by atoms with Crippen LogP contribution in [-0.2, 0) is 16.6 Å². The predicted octanol–water partition coefficient (Wildman–Crippen LogP) is 2.77. The van der Waals surface area contributed by atoms with E-state index in [1.54, 1.807) is 4.90 Å². The normalized spacial score (nSPS) is 21.2. The molecule has 1 amide bonds. The van der Waals surface area contributed by atoms with E-state index < -0.39 is 6.10 Å². The Hall–Kier alpha value is -2.74. The van der Waals surface area contributed by atoms with Gasteiger partial charge in [0.1, 0.15) is 6.61 Å². The molecule has 30 heavy (non-hydrogen) atoms. The Morgan fingerprint density at radius 1 is 1.23 bits per heavy atom. The molecule has 1 saturated heterocycles. The van der Waals surface area contributed by atoms with E-state index in [1.165, 1.54) is 5.56 Å². The first-order chi connectivity index (χ1) is 14.7. The minimum absolute atomic E-state index is 0.113. The maximum absolute atomic E-state index is 12.1. The Morgan fingerprint density at radius 3 is 2.77 bits per heavy atom. The smallest absolute Gasteiger partial charge is 0.410 e. The van der Waals surface area contributed by atoms with Crippen molar-refractivity contribution >= 4 is 6.09 Å². The summed E-state index contributed by atoms with van der Waals surface area (Å²) >= 11 is 0. The quantitative estimate of drug-likeness (QED) is 0.435. The summed E-state index contributed by atoms with van der Waals surface area (Å²) in [7, 11) is 0. The van der Waals surface area contributed by atoms with Crippen LogP contribution in [0.3, 0.4) is 0 Å². The number of carbonyl (C=O) groups excluding carboxylic acids is 1. The summed E-state index contributed by atoms with van der Waals surface area (Å²) in [6, 6.07) is 10.1. The zero-order valence-electron chi connectivity index (χ0n) is 17.1. The number of H-pyrrole nitrogens is 1. The number of hydrogen-bond donors (Lipinski definition) is 2. The highest BCUT2D eigenvalue weighted by atomic mass is 16.6. The lowest BCUT2D eigenvalue weighted by molar-refractivity contribution is 0.157. The molecular weight excluding hydrogens is 382 g/mol. The number of amides is 1. The second kappa shape index (κ2) is 9.38. The molecule has 2 fully saturated rings. The van der Waals surface area contributed by atoms with Gasteiger partial charge in [-0.15, -0.1) is 10.2 Å². The second-order valence-corrected chi connectivity index (χ2v) is 8.18. The van der Waals surface area contributed by atoms with E-state index in [0.29, 0.717) is 13.2 Å². The van der Waals surface area contributed by atoms with Crippen LogP contribution in [-0.4, -0.2) is 62.0 Å². The molecule has 1 aliphatic heterocycles. The van der Waals surface area contributed by atoms with Crippen molar-refractivity contribution in [2.45, 2.75) is 62.5 Å². The van der Waals surface area contributed by atoms with Gasteiger partial charge < -0.3 is 9.84 Å². The second-order valence-electron chi connectivity index (χ2n) is 8.18. The first-order valence-electron chi connectivity index (χ1n) is 10.8. The van der Waals surface area contributed by atoms with E-state index in [2.05, 4.69) is 32.8 Å². The van der Waals surface area contributed by atoms with Crippen LogP contribution in [0.4, 0.5) is 4.79 Å². The number of nitrogens with zero attached hydrogens (tertiary/aromatic N) is 4. The van der Waals surface area contributed by atoms with Gasteiger partial charge >= 0.3 is 6.09 Å². The van der Waals surface area contributed by atoms with Crippen molar-refractivity contribution in [1.82, 2.24) is 25.5 Å². The molecule has 8 nitrogen and oxygen atoms in total. The Labute approximate surface area is 176 Å². The summed E-state index contributed by atoms with van der Waals surface area (Å²) in [6.07, 6.45) is 9.75. The zero-order chi connectivity index (χ0) is 20.8. The Morgan fingerprint density at radius 2 is 2.03 bits per heavy atom. The molecule has 0 radical (unpaired) electrons. The third kappa shape index (κ3) is 4.70. The summed E-state index contributed by atoms with van der Waals surface area (Å²) in [5.74, 6) is 0.741. The first kappa shape index (κ1) is 20.5. The molecule has 2 aliphatic rings.